The fourth-order valence-electron chi connectivity index (χ4n) is 1.51. The summed E-state index contributed by atoms with van der Waals surface area (Å²) in [5.41, 5.74) is 0. The van der Waals surface area contributed by atoms with Gasteiger partial charge in [-0.15, -0.1) is 11.3 Å². The zero-order valence-corrected chi connectivity index (χ0v) is 14.1. The molecule has 2 amide bonds. The molecule has 0 radical (unpaired) electrons. The molecule has 20 heavy (non-hydrogen) atoms. The van der Waals surface area contributed by atoms with E-state index in [-0.39, 0.29) is 18.4 Å². The highest BCUT2D eigenvalue weighted by molar-refractivity contribution is 9.11. The van der Waals surface area contributed by atoms with E-state index < -0.39 is 0 Å². The number of thiophene rings is 1. The van der Waals surface area contributed by atoms with Gasteiger partial charge in [0.1, 0.15) is 0 Å². The van der Waals surface area contributed by atoms with Gasteiger partial charge in [-0.2, -0.15) is 0 Å². The first-order chi connectivity index (χ1) is 9.54. The maximum absolute atomic E-state index is 12.0. The average Bonchev–Trinajstić information content (AvgIpc) is 2.84. The molecular formula is C13H19BrN2O3S. The minimum atomic E-state index is -0.159. The summed E-state index contributed by atoms with van der Waals surface area (Å²) < 4.78 is 6.07. The number of ether oxygens (including phenoxy) is 1. The standard InChI is InChI=1S/C13H19BrN2O3S/c1-3-19-8-4-7-15-12(17)9-16(2)13(18)10-5-6-11(14)20-10/h5-6H,3-4,7-9H2,1-2H3,(H,15,17). The molecule has 0 saturated heterocycles. The highest BCUT2D eigenvalue weighted by Gasteiger charge is 2.16. The third-order valence-electron chi connectivity index (χ3n) is 2.50. The van der Waals surface area contributed by atoms with Crippen molar-refractivity contribution in [1.82, 2.24) is 10.2 Å². The summed E-state index contributed by atoms with van der Waals surface area (Å²) in [7, 11) is 1.62. The Morgan fingerprint density at radius 3 is 2.80 bits per heavy atom. The van der Waals surface area contributed by atoms with Crippen LogP contribution in [0.5, 0.6) is 0 Å². The quantitative estimate of drug-likeness (QED) is 0.720. The minimum absolute atomic E-state index is 0.0585. The molecule has 7 heteroatoms. The lowest BCUT2D eigenvalue weighted by Gasteiger charge is -2.15. The number of rotatable bonds is 8. The lowest BCUT2D eigenvalue weighted by atomic mass is 10.4. The summed E-state index contributed by atoms with van der Waals surface area (Å²) in [5, 5.41) is 2.77. The fraction of sp³-hybridized carbons (Fsp3) is 0.538. The second kappa shape index (κ2) is 9.10. The predicted molar refractivity (Wildman–Crippen MR) is 83.1 cm³/mol. The predicted octanol–water partition coefficient (Wildman–Crippen LogP) is 2.13. The van der Waals surface area contributed by atoms with Crippen molar-refractivity contribution in [2.75, 3.05) is 33.4 Å². The molecule has 0 aliphatic heterocycles. The van der Waals surface area contributed by atoms with Crippen LogP contribution in [0.25, 0.3) is 0 Å². The lowest BCUT2D eigenvalue weighted by molar-refractivity contribution is -0.121. The summed E-state index contributed by atoms with van der Waals surface area (Å²) in [6, 6.07) is 3.56. The summed E-state index contributed by atoms with van der Waals surface area (Å²) >= 11 is 4.67. The van der Waals surface area contributed by atoms with Crippen molar-refractivity contribution in [3.63, 3.8) is 0 Å². The molecule has 5 nitrogen and oxygen atoms in total. The van der Waals surface area contributed by atoms with Gasteiger partial charge in [-0.1, -0.05) is 0 Å². The SMILES string of the molecule is CCOCCCNC(=O)CN(C)C(=O)c1ccc(Br)s1. The van der Waals surface area contributed by atoms with Gasteiger partial charge in [0.2, 0.25) is 5.91 Å². The molecule has 0 saturated carbocycles. The summed E-state index contributed by atoms with van der Waals surface area (Å²) in [5.74, 6) is -0.307. The van der Waals surface area contributed by atoms with Crippen LogP contribution in [0.2, 0.25) is 0 Å². The van der Waals surface area contributed by atoms with E-state index in [9.17, 15) is 9.59 Å². The smallest absolute Gasteiger partial charge is 0.264 e. The Morgan fingerprint density at radius 2 is 2.20 bits per heavy atom. The van der Waals surface area contributed by atoms with Crippen molar-refractivity contribution >= 4 is 39.1 Å². The van der Waals surface area contributed by atoms with Crippen LogP contribution in [0.15, 0.2) is 15.9 Å². The van der Waals surface area contributed by atoms with E-state index in [4.69, 9.17) is 4.74 Å². The van der Waals surface area contributed by atoms with Gasteiger partial charge in [0.15, 0.2) is 0 Å². The van der Waals surface area contributed by atoms with Gasteiger partial charge in [0.25, 0.3) is 5.91 Å². The van der Waals surface area contributed by atoms with Crippen LogP contribution in [-0.2, 0) is 9.53 Å². The Balaban J connectivity index is 2.29. The Bertz CT molecular complexity index is 451. The molecule has 0 fully saturated rings. The van der Waals surface area contributed by atoms with Crippen LogP contribution >= 0.6 is 27.3 Å². The molecule has 1 N–H and O–H groups in total. The monoisotopic (exact) mass is 362 g/mol. The van der Waals surface area contributed by atoms with Crippen LogP contribution in [0, 0.1) is 0 Å². The Morgan fingerprint density at radius 1 is 1.45 bits per heavy atom. The number of carbonyl (C=O) groups is 2. The van der Waals surface area contributed by atoms with E-state index in [2.05, 4.69) is 21.2 Å². The van der Waals surface area contributed by atoms with Crippen LogP contribution < -0.4 is 5.32 Å². The number of hydrogen-bond acceptors (Lipinski definition) is 4. The lowest BCUT2D eigenvalue weighted by Crippen LogP contribution is -2.38. The molecule has 1 heterocycles. The third kappa shape index (κ3) is 6.02. The average molecular weight is 363 g/mol. The minimum Gasteiger partial charge on any atom is -0.382 e. The number of amides is 2. The second-order valence-electron chi connectivity index (χ2n) is 4.17. The van der Waals surface area contributed by atoms with Crippen molar-refractivity contribution in [1.29, 1.82) is 0 Å². The number of halogens is 1. The van der Waals surface area contributed by atoms with Crippen LogP contribution in [-0.4, -0.2) is 50.1 Å². The Kier molecular flexibility index (Phi) is 7.79. The largest absolute Gasteiger partial charge is 0.382 e. The third-order valence-corrected chi connectivity index (χ3v) is 4.11. The zero-order valence-electron chi connectivity index (χ0n) is 11.6. The highest BCUT2D eigenvalue weighted by atomic mass is 79.9. The number of nitrogens with zero attached hydrogens (tertiary/aromatic N) is 1. The molecule has 0 atom stereocenters. The summed E-state index contributed by atoms with van der Waals surface area (Å²) in [6.45, 7) is 3.87. The topological polar surface area (TPSA) is 58.6 Å². The molecule has 0 bridgehead atoms. The first-order valence-corrected chi connectivity index (χ1v) is 8.00. The van der Waals surface area contributed by atoms with Gasteiger partial charge in [-0.3, -0.25) is 9.59 Å². The molecular weight excluding hydrogens is 344 g/mol. The van der Waals surface area contributed by atoms with Gasteiger partial charge in [-0.25, -0.2) is 0 Å². The first kappa shape index (κ1) is 17.1. The Hall–Kier alpha value is -0.920. The van der Waals surface area contributed by atoms with E-state index in [0.717, 1.165) is 10.2 Å². The summed E-state index contributed by atoms with van der Waals surface area (Å²) in [4.78, 5) is 25.7. The molecule has 0 aliphatic rings. The molecule has 1 aromatic rings. The van der Waals surface area contributed by atoms with E-state index in [1.165, 1.54) is 16.2 Å². The zero-order chi connectivity index (χ0) is 15.0. The van der Waals surface area contributed by atoms with Crippen LogP contribution in [0.3, 0.4) is 0 Å². The van der Waals surface area contributed by atoms with Crippen molar-refractivity contribution in [2.45, 2.75) is 13.3 Å². The number of carbonyl (C=O) groups excluding carboxylic acids is 2. The number of hydrogen-bond donors (Lipinski definition) is 1. The maximum Gasteiger partial charge on any atom is 0.264 e. The van der Waals surface area contributed by atoms with Gasteiger partial charge in [0, 0.05) is 26.8 Å². The molecule has 1 aromatic heterocycles. The van der Waals surface area contributed by atoms with Gasteiger partial charge in [0.05, 0.1) is 15.2 Å². The van der Waals surface area contributed by atoms with Gasteiger partial charge >= 0.3 is 0 Å². The molecule has 0 spiro atoms. The molecule has 0 unspecified atom stereocenters. The second-order valence-corrected chi connectivity index (χ2v) is 6.63. The molecule has 0 aliphatic carbocycles. The molecule has 1 rings (SSSR count). The van der Waals surface area contributed by atoms with Crippen molar-refractivity contribution in [2.24, 2.45) is 0 Å². The summed E-state index contributed by atoms with van der Waals surface area (Å²) in [6.07, 6.45) is 0.773. The van der Waals surface area contributed by atoms with Gasteiger partial charge in [-0.05, 0) is 41.4 Å². The molecule has 112 valence electrons. The van der Waals surface area contributed by atoms with Crippen molar-refractivity contribution in [3.8, 4) is 0 Å². The van der Waals surface area contributed by atoms with E-state index >= 15 is 0 Å². The van der Waals surface area contributed by atoms with E-state index in [0.29, 0.717) is 24.6 Å². The Labute approximate surface area is 131 Å². The van der Waals surface area contributed by atoms with E-state index in [1.54, 1.807) is 13.1 Å². The van der Waals surface area contributed by atoms with Gasteiger partial charge < -0.3 is 15.0 Å². The highest BCUT2D eigenvalue weighted by Crippen LogP contribution is 2.22. The van der Waals surface area contributed by atoms with E-state index in [1.807, 2.05) is 13.0 Å². The van der Waals surface area contributed by atoms with Crippen molar-refractivity contribution in [3.05, 3.63) is 20.8 Å². The number of nitrogens with one attached hydrogen (secondary N) is 1. The first-order valence-electron chi connectivity index (χ1n) is 6.39. The number of likely N-dealkylation sites (N-methyl/N-ethyl adjacent to an activating group) is 1. The van der Waals surface area contributed by atoms with Crippen LogP contribution in [0.1, 0.15) is 23.0 Å². The van der Waals surface area contributed by atoms with Crippen LogP contribution in [0.4, 0.5) is 0 Å². The van der Waals surface area contributed by atoms with Crippen molar-refractivity contribution < 1.29 is 14.3 Å². The molecule has 0 aromatic carbocycles. The normalized spacial score (nSPS) is 10.3. The fourth-order valence-corrected chi connectivity index (χ4v) is 2.89. The maximum atomic E-state index is 12.0.